The van der Waals surface area contributed by atoms with Gasteiger partial charge in [0.1, 0.15) is 0 Å². The van der Waals surface area contributed by atoms with Crippen LogP contribution in [0, 0.1) is 0 Å². The third-order valence-electron chi connectivity index (χ3n) is 4.55. The molecule has 1 heterocycles. The van der Waals surface area contributed by atoms with Gasteiger partial charge in [0.15, 0.2) is 0 Å². The van der Waals surface area contributed by atoms with E-state index in [0.29, 0.717) is 12.1 Å². The molecule has 1 saturated heterocycles. The maximum Gasteiger partial charge on any atom is 0.0695 e. The first-order chi connectivity index (χ1) is 8.63. The van der Waals surface area contributed by atoms with Crippen LogP contribution in [0.3, 0.4) is 0 Å². The summed E-state index contributed by atoms with van der Waals surface area (Å²) in [7, 11) is 2.21. The van der Waals surface area contributed by atoms with E-state index in [9.17, 15) is 5.11 Å². The Morgan fingerprint density at radius 3 is 2.28 bits per heavy atom. The first kappa shape index (κ1) is 15.9. The van der Waals surface area contributed by atoms with E-state index in [2.05, 4.69) is 37.6 Å². The third-order valence-corrected chi connectivity index (χ3v) is 4.55. The fourth-order valence-corrected chi connectivity index (χ4v) is 3.23. The molecule has 0 aliphatic carbocycles. The van der Waals surface area contributed by atoms with Gasteiger partial charge < -0.3 is 10.0 Å². The highest BCUT2D eigenvalue weighted by Crippen LogP contribution is 2.21. The zero-order valence-corrected chi connectivity index (χ0v) is 12.7. The lowest BCUT2D eigenvalue weighted by Gasteiger charge is -2.41. The predicted molar refractivity (Wildman–Crippen MR) is 77.9 cm³/mol. The zero-order chi connectivity index (χ0) is 13.5. The molecular weight excluding hydrogens is 224 g/mol. The molecule has 0 saturated carbocycles. The van der Waals surface area contributed by atoms with Crippen molar-refractivity contribution < 1.29 is 5.11 Å². The van der Waals surface area contributed by atoms with E-state index in [4.69, 9.17) is 0 Å². The Labute approximate surface area is 113 Å². The Kier molecular flexibility index (Phi) is 7.20. The molecule has 108 valence electrons. The highest BCUT2D eigenvalue weighted by Gasteiger charge is 2.29. The van der Waals surface area contributed by atoms with Crippen LogP contribution < -0.4 is 0 Å². The summed E-state index contributed by atoms with van der Waals surface area (Å²) in [6.07, 6.45) is 5.38. The lowest BCUT2D eigenvalue weighted by Crippen LogP contribution is -2.50. The van der Waals surface area contributed by atoms with Crippen LogP contribution in [0.4, 0.5) is 0 Å². The summed E-state index contributed by atoms with van der Waals surface area (Å²) in [5.41, 5.74) is 0. The summed E-state index contributed by atoms with van der Waals surface area (Å²) in [5.74, 6) is 0. The van der Waals surface area contributed by atoms with Crippen LogP contribution in [0.5, 0.6) is 0 Å². The normalized spacial score (nSPS) is 22.3. The van der Waals surface area contributed by atoms with Gasteiger partial charge in [-0.3, -0.25) is 4.90 Å². The molecule has 0 aromatic carbocycles. The van der Waals surface area contributed by atoms with Crippen molar-refractivity contribution in [2.75, 3.05) is 26.7 Å². The lowest BCUT2D eigenvalue weighted by molar-refractivity contribution is 0.0150. The van der Waals surface area contributed by atoms with Crippen molar-refractivity contribution in [3.05, 3.63) is 0 Å². The Morgan fingerprint density at radius 1 is 1.22 bits per heavy atom. The van der Waals surface area contributed by atoms with Crippen molar-refractivity contribution in [3.8, 4) is 0 Å². The Morgan fingerprint density at radius 2 is 1.83 bits per heavy atom. The molecule has 0 aromatic rings. The molecule has 1 N–H and O–H groups in total. The van der Waals surface area contributed by atoms with Gasteiger partial charge in [0.2, 0.25) is 0 Å². The van der Waals surface area contributed by atoms with Crippen LogP contribution in [0.25, 0.3) is 0 Å². The first-order valence-corrected chi connectivity index (χ1v) is 7.76. The minimum absolute atomic E-state index is 0.158. The molecule has 1 aliphatic rings. The topological polar surface area (TPSA) is 26.7 Å². The molecular formula is C15H32N2O. The molecule has 0 amide bonds. The second-order valence-electron chi connectivity index (χ2n) is 5.66. The number of aliphatic hydroxyl groups excluding tert-OH is 1. The van der Waals surface area contributed by atoms with Gasteiger partial charge in [-0.15, -0.1) is 0 Å². The van der Waals surface area contributed by atoms with Crippen molar-refractivity contribution in [1.29, 1.82) is 0 Å². The highest BCUT2D eigenvalue weighted by molar-refractivity contribution is 4.84. The maximum absolute atomic E-state index is 10.3. The number of likely N-dealkylation sites (tertiary alicyclic amines) is 1. The summed E-state index contributed by atoms with van der Waals surface area (Å²) in [6.45, 7) is 10.2. The van der Waals surface area contributed by atoms with Crippen molar-refractivity contribution in [1.82, 2.24) is 9.80 Å². The second-order valence-corrected chi connectivity index (χ2v) is 5.66. The first-order valence-electron chi connectivity index (χ1n) is 7.76. The summed E-state index contributed by atoms with van der Waals surface area (Å²) in [5, 5.41) is 10.3. The van der Waals surface area contributed by atoms with E-state index in [1.54, 1.807) is 0 Å². The molecule has 0 spiro atoms. The SMILES string of the molecule is CCCC(O)C(CC)N(C)C1CCN(CC)CC1. The zero-order valence-electron chi connectivity index (χ0n) is 12.7. The second kappa shape index (κ2) is 8.13. The number of piperidine rings is 1. The maximum atomic E-state index is 10.3. The van der Waals surface area contributed by atoms with E-state index in [0.717, 1.165) is 19.3 Å². The standard InChI is InChI=1S/C15H32N2O/c1-5-8-15(18)14(6-2)16(4)13-9-11-17(7-3)12-10-13/h13-15,18H,5-12H2,1-4H3. The molecule has 0 aromatic heterocycles. The van der Waals surface area contributed by atoms with Gasteiger partial charge in [-0.05, 0) is 52.4 Å². The Bertz CT molecular complexity index is 215. The smallest absolute Gasteiger partial charge is 0.0695 e. The van der Waals surface area contributed by atoms with Gasteiger partial charge in [0.25, 0.3) is 0 Å². The number of likely N-dealkylation sites (N-methyl/N-ethyl adjacent to an activating group) is 1. The van der Waals surface area contributed by atoms with E-state index < -0.39 is 0 Å². The minimum atomic E-state index is -0.158. The number of nitrogens with zero attached hydrogens (tertiary/aromatic N) is 2. The van der Waals surface area contributed by atoms with Crippen molar-refractivity contribution in [3.63, 3.8) is 0 Å². The molecule has 3 nitrogen and oxygen atoms in total. The van der Waals surface area contributed by atoms with E-state index >= 15 is 0 Å². The summed E-state index contributed by atoms with van der Waals surface area (Å²) < 4.78 is 0. The Balaban J connectivity index is 2.48. The van der Waals surface area contributed by atoms with Crippen LogP contribution in [0.1, 0.15) is 52.9 Å². The summed E-state index contributed by atoms with van der Waals surface area (Å²) in [4.78, 5) is 4.97. The molecule has 18 heavy (non-hydrogen) atoms. The third kappa shape index (κ3) is 4.22. The minimum Gasteiger partial charge on any atom is -0.391 e. The average molecular weight is 256 g/mol. The van der Waals surface area contributed by atoms with Crippen molar-refractivity contribution >= 4 is 0 Å². The number of aliphatic hydroxyl groups is 1. The van der Waals surface area contributed by atoms with E-state index in [1.807, 2.05) is 0 Å². The molecule has 1 fully saturated rings. The fraction of sp³-hybridized carbons (Fsp3) is 1.00. The van der Waals surface area contributed by atoms with Crippen molar-refractivity contribution in [2.45, 2.75) is 71.1 Å². The molecule has 1 aliphatic heterocycles. The predicted octanol–water partition coefficient (Wildman–Crippen LogP) is 2.34. The van der Waals surface area contributed by atoms with Gasteiger partial charge in [-0.25, -0.2) is 0 Å². The van der Waals surface area contributed by atoms with E-state index in [1.165, 1.54) is 32.5 Å². The van der Waals surface area contributed by atoms with Gasteiger partial charge >= 0.3 is 0 Å². The van der Waals surface area contributed by atoms with Crippen LogP contribution in [-0.4, -0.2) is 59.8 Å². The van der Waals surface area contributed by atoms with Crippen LogP contribution in [-0.2, 0) is 0 Å². The van der Waals surface area contributed by atoms with Gasteiger partial charge in [0.05, 0.1) is 6.10 Å². The molecule has 2 unspecified atom stereocenters. The average Bonchev–Trinajstić information content (AvgIpc) is 2.40. The highest BCUT2D eigenvalue weighted by atomic mass is 16.3. The largest absolute Gasteiger partial charge is 0.391 e. The monoisotopic (exact) mass is 256 g/mol. The van der Waals surface area contributed by atoms with Crippen LogP contribution in [0.15, 0.2) is 0 Å². The summed E-state index contributed by atoms with van der Waals surface area (Å²) >= 11 is 0. The van der Waals surface area contributed by atoms with E-state index in [-0.39, 0.29) is 6.10 Å². The molecule has 2 atom stereocenters. The number of hydrogen-bond acceptors (Lipinski definition) is 3. The van der Waals surface area contributed by atoms with Crippen LogP contribution >= 0.6 is 0 Å². The quantitative estimate of drug-likeness (QED) is 0.757. The molecule has 0 bridgehead atoms. The van der Waals surface area contributed by atoms with Crippen molar-refractivity contribution in [2.24, 2.45) is 0 Å². The lowest BCUT2D eigenvalue weighted by atomic mass is 9.97. The fourth-order valence-electron chi connectivity index (χ4n) is 3.23. The number of hydrogen-bond donors (Lipinski definition) is 1. The number of rotatable bonds is 7. The molecule has 3 heteroatoms. The molecule has 0 radical (unpaired) electrons. The Hall–Kier alpha value is -0.120. The summed E-state index contributed by atoms with van der Waals surface area (Å²) in [6, 6.07) is 0.993. The van der Waals surface area contributed by atoms with Crippen LogP contribution in [0.2, 0.25) is 0 Å². The van der Waals surface area contributed by atoms with Gasteiger partial charge in [-0.1, -0.05) is 27.2 Å². The van der Waals surface area contributed by atoms with Gasteiger partial charge in [-0.2, -0.15) is 0 Å². The molecule has 1 rings (SSSR count). The van der Waals surface area contributed by atoms with Gasteiger partial charge in [0, 0.05) is 12.1 Å².